The lowest BCUT2D eigenvalue weighted by Gasteiger charge is -2.10. The van der Waals surface area contributed by atoms with E-state index in [1.807, 2.05) is 24.3 Å². The van der Waals surface area contributed by atoms with E-state index in [1.54, 1.807) is 24.9 Å². The summed E-state index contributed by atoms with van der Waals surface area (Å²) in [5.41, 5.74) is 7.55. The summed E-state index contributed by atoms with van der Waals surface area (Å²) < 4.78 is 18.4. The van der Waals surface area contributed by atoms with Crippen molar-refractivity contribution in [1.29, 1.82) is 0 Å². The Bertz CT molecular complexity index is 560. The van der Waals surface area contributed by atoms with Crippen LogP contribution in [0, 0.1) is 5.82 Å². The van der Waals surface area contributed by atoms with E-state index in [0.29, 0.717) is 6.54 Å². The van der Waals surface area contributed by atoms with E-state index in [-0.39, 0.29) is 5.82 Å². The molecule has 2 nitrogen and oxygen atoms in total. The van der Waals surface area contributed by atoms with Gasteiger partial charge >= 0.3 is 0 Å². The van der Waals surface area contributed by atoms with Crippen molar-refractivity contribution in [3.8, 4) is 5.75 Å². The largest absolute Gasteiger partial charge is 0.496 e. The number of ether oxygens (including phenoxy) is 1. The maximum Gasteiger partial charge on any atom is 0.132 e. The number of methoxy groups -OCH3 is 1. The molecule has 0 aliphatic rings. The first-order chi connectivity index (χ1) is 9.24. The molecule has 0 aliphatic carbocycles. The quantitative estimate of drug-likeness (QED) is 0.848. The zero-order valence-electron chi connectivity index (χ0n) is 10.7. The first-order valence-corrected chi connectivity index (χ1v) is 6.96. The molecule has 19 heavy (non-hydrogen) atoms. The second-order valence-corrected chi connectivity index (χ2v) is 5.07. The Morgan fingerprint density at radius 2 is 1.95 bits per heavy atom. The summed E-state index contributed by atoms with van der Waals surface area (Å²) in [7, 11) is 1.66. The van der Waals surface area contributed by atoms with Crippen molar-refractivity contribution >= 4 is 11.8 Å². The summed E-state index contributed by atoms with van der Waals surface area (Å²) >= 11 is 1.66. The zero-order valence-corrected chi connectivity index (χ0v) is 11.5. The average molecular weight is 277 g/mol. The van der Waals surface area contributed by atoms with Gasteiger partial charge in [0.2, 0.25) is 0 Å². The van der Waals surface area contributed by atoms with Crippen molar-refractivity contribution in [1.82, 2.24) is 0 Å². The predicted molar refractivity (Wildman–Crippen MR) is 76.8 cm³/mol. The fourth-order valence-corrected chi connectivity index (χ4v) is 2.88. The topological polar surface area (TPSA) is 35.2 Å². The highest BCUT2D eigenvalue weighted by molar-refractivity contribution is 7.98. The second kappa shape index (κ2) is 6.59. The number of halogens is 1. The lowest BCUT2D eigenvalue weighted by atomic mass is 10.1. The number of hydrogen-bond donors (Lipinski definition) is 1. The summed E-state index contributed by atoms with van der Waals surface area (Å²) in [5.74, 6) is 1.35. The van der Waals surface area contributed by atoms with E-state index in [1.165, 1.54) is 12.1 Å². The molecule has 0 unspecified atom stereocenters. The number of nitrogens with two attached hydrogens (primary N) is 1. The van der Waals surface area contributed by atoms with Crippen molar-refractivity contribution in [3.63, 3.8) is 0 Å². The molecule has 0 heterocycles. The van der Waals surface area contributed by atoms with E-state index in [2.05, 4.69) is 0 Å². The maximum absolute atomic E-state index is 13.1. The number of thioether (sulfide) groups is 1. The monoisotopic (exact) mass is 277 g/mol. The molecule has 2 aromatic carbocycles. The van der Waals surface area contributed by atoms with Crippen molar-refractivity contribution < 1.29 is 9.13 Å². The minimum atomic E-state index is -0.244. The van der Waals surface area contributed by atoms with Crippen LogP contribution in [0.5, 0.6) is 5.75 Å². The third kappa shape index (κ3) is 3.49. The van der Waals surface area contributed by atoms with E-state index in [4.69, 9.17) is 10.5 Å². The standard InChI is InChI=1S/C15H16FNOS/c1-18-14-4-2-3-5-15(14)19-10-11-6-7-13(16)8-12(11)9-17/h2-8H,9-10,17H2,1H3. The Hall–Kier alpha value is -1.52. The summed E-state index contributed by atoms with van der Waals surface area (Å²) in [5, 5.41) is 0. The SMILES string of the molecule is COc1ccccc1SCc1ccc(F)cc1CN. The Balaban J connectivity index is 2.14. The molecule has 0 saturated carbocycles. The molecule has 0 spiro atoms. The van der Waals surface area contributed by atoms with Gasteiger partial charge in [-0.05, 0) is 35.4 Å². The van der Waals surface area contributed by atoms with Gasteiger partial charge in [0.15, 0.2) is 0 Å². The van der Waals surface area contributed by atoms with Crippen LogP contribution < -0.4 is 10.5 Å². The van der Waals surface area contributed by atoms with Gasteiger partial charge in [0.05, 0.1) is 7.11 Å². The smallest absolute Gasteiger partial charge is 0.132 e. The molecule has 0 bridgehead atoms. The van der Waals surface area contributed by atoms with Crippen LogP contribution in [0.25, 0.3) is 0 Å². The van der Waals surface area contributed by atoms with E-state index in [9.17, 15) is 4.39 Å². The maximum atomic E-state index is 13.1. The lowest BCUT2D eigenvalue weighted by Crippen LogP contribution is -2.01. The molecule has 2 aromatic rings. The van der Waals surface area contributed by atoms with Crippen LogP contribution in [0.3, 0.4) is 0 Å². The molecule has 4 heteroatoms. The predicted octanol–water partition coefficient (Wildman–Crippen LogP) is 3.59. The molecule has 0 atom stereocenters. The number of para-hydroxylation sites is 1. The highest BCUT2D eigenvalue weighted by Crippen LogP contribution is 2.32. The fraction of sp³-hybridized carbons (Fsp3) is 0.200. The van der Waals surface area contributed by atoms with Crippen LogP contribution >= 0.6 is 11.8 Å². The summed E-state index contributed by atoms with van der Waals surface area (Å²) in [6, 6.07) is 12.6. The average Bonchev–Trinajstić information content (AvgIpc) is 2.46. The van der Waals surface area contributed by atoms with E-state index >= 15 is 0 Å². The number of benzene rings is 2. The van der Waals surface area contributed by atoms with Gasteiger partial charge < -0.3 is 10.5 Å². The van der Waals surface area contributed by atoms with Crippen LogP contribution in [0.15, 0.2) is 47.4 Å². The highest BCUT2D eigenvalue weighted by Gasteiger charge is 2.06. The molecular formula is C15H16FNOS. The van der Waals surface area contributed by atoms with Crippen molar-refractivity contribution in [2.75, 3.05) is 7.11 Å². The Labute approximate surface area is 116 Å². The Kier molecular flexibility index (Phi) is 4.82. The summed E-state index contributed by atoms with van der Waals surface area (Å²) in [4.78, 5) is 1.07. The fourth-order valence-electron chi connectivity index (χ4n) is 1.82. The molecule has 0 saturated heterocycles. The summed E-state index contributed by atoms with van der Waals surface area (Å²) in [6.07, 6.45) is 0. The molecule has 0 radical (unpaired) electrons. The normalized spacial score (nSPS) is 10.5. The number of hydrogen-bond acceptors (Lipinski definition) is 3. The van der Waals surface area contributed by atoms with E-state index < -0.39 is 0 Å². The van der Waals surface area contributed by atoms with Crippen molar-refractivity contribution in [2.45, 2.75) is 17.2 Å². The van der Waals surface area contributed by atoms with Gasteiger partial charge in [0.25, 0.3) is 0 Å². The van der Waals surface area contributed by atoms with Crippen molar-refractivity contribution in [2.24, 2.45) is 5.73 Å². The minimum absolute atomic E-state index is 0.244. The molecule has 0 amide bonds. The summed E-state index contributed by atoms with van der Waals surface area (Å²) in [6.45, 7) is 0.347. The first kappa shape index (κ1) is 13.9. The second-order valence-electron chi connectivity index (χ2n) is 4.06. The van der Waals surface area contributed by atoms with Gasteiger partial charge in [0.1, 0.15) is 11.6 Å². The molecule has 2 N–H and O–H groups in total. The lowest BCUT2D eigenvalue weighted by molar-refractivity contribution is 0.405. The minimum Gasteiger partial charge on any atom is -0.496 e. The van der Waals surface area contributed by atoms with Crippen LogP contribution in [0.2, 0.25) is 0 Å². The third-order valence-electron chi connectivity index (χ3n) is 2.84. The number of rotatable bonds is 5. The first-order valence-electron chi connectivity index (χ1n) is 5.97. The van der Waals surface area contributed by atoms with Crippen LogP contribution in [0.1, 0.15) is 11.1 Å². The molecule has 0 aromatic heterocycles. The van der Waals surface area contributed by atoms with Gasteiger partial charge in [0, 0.05) is 17.2 Å². The van der Waals surface area contributed by atoms with Gasteiger partial charge in [-0.3, -0.25) is 0 Å². The van der Waals surface area contributed by atoms with Crippen LogP contribution in [0.4, 0.5) is 4.39 Å². The molecule has 0 fully saturated rings. The molecule has 2 rings (SSSR count). The van der Waals surface area contributed by atoms with E-state index in [0.717, 1.165) is 27.5 Å². The van der Waals surface area contributed by atoms with Gasteiger partial charge in [-0.2, -0.15) is 0 Å². The van der Waals surface area contributed by atoms with Crippen LogP contribution in [-0.2, 0) is 12.3 Å². The van der Waals surface area contributed by atoms with Gasteiger partial charge in [-0.15, -0.1) is 11.8 Å². The van der Waals surface area contributed by atoms with Gasteiger partial charge in [-0.25, -0.2) is 4.39 Å². The highest BCUT2D eigenvalue weighted by atomic mass is 32.2. The molecular weight excluding hydrogens is 261 g/mol. The third-order valence-corrected chi connectivity index (χ3v) is 3.94. The van der Waals surface area contributed by atoms with Crippen LogP contribution in [-0.4, -0.2) is 7.11 Å². The Morgan fingerprint density at radius 3 is 2.68 bits per heavy atom. The van der Waals surface area contributed by atoms with Gasteiger partial charge in [-0.1, -0.05) is 18.2 Å². The Morgan fingerprint density at radius 1 is 1.16 bits per heavy atom. The zero-order chi connectivity index (χ0) is 13.7. The molecule has 100 valence electrons. The molecule has 0 aliphatic heterocycles. The van der Waals surface area contributed by atoms with Crippen molar-refractivity contribution in [3.05, 3.63) is 59.4 Å².